The van der Waals surface area contributed by atoms with Gasteiger partial charge in [0.25, 0.3) is 0 Å². The van der Waals surface area contributed by atoms with Crippen molar-refractivity contribution in [3.05, 3.63) is 24.3 Å². The highest BCUT2D eigenvalue weighted by molar-refractivity contribution is 8.00. The van der Waals surface area contributed by atoms with Crippen LogP contribution in [0.5, 0.6) is 0 Å². The number of unbranched alkanes of at least 4 members (excludes halogenated alkanes) is 8. The second-order valence-electron chi connectivity index (χ2n) is 10.4. The summed E-state index contributed by atoms with van der Waals surface area (Å²) in [7, 11) is 0. The molecule has 2 rings (SSSR count). The van der Waals surface area contributed by atoms with Crippen LogP contribution in [0.4, 0.5) is 0 Å². The summed E-state index contributed by atoms with van der Waals surface area (Å²) in [4.78, 5) is 32.6. The fraction of sp³-hybridized carbons (Fsp3) is 0.710. The Balaban J connectivity index is 0.000000495. The molecule has 0 aliphatic carbocycles. The third-order valence-electron chi connectivity index (χ3n) is 6.76. The number of carboxylic acids is 1. The molecule has 222 valence electrons. The van der Waals surface area contributed by atoms with Gasteiger partial charge in [0.2, 0.25) is 5.91 Å². The number of fused-ring (bicyclic) bond motifs is 1. The number of thioether (sulfide) groups is 1. The highest BCUT2D eigenvalue weighted by atomic mass is 32.2. The number of carboxylic acid groups (broad SMARTS) is 1. The van der Waals surface area contributed by atoms with Crippen LogP contribution in [-0.4, -0.2) is 53.3 Å². The Bertz CT molecular complexity index is 853. The molecule has 1 heterocycles. The van der Waals surface area contributed by atoms with E-state index in [9.17, 15) is 14.7 Å². The maximum Gasteiger partial charge on any atom is 0.221 e. The number of imidazole rings is 1. The first-order chi connectivity index (χ1) is 18.9. The van der Waals surface area contributed by atoms with Crippen LogP contribution in [0, 0.1) is 0 Å². The molecule has 0 saturated carbocycles. The zero-order valence-electron chi connectivity index (χ0n) is 25.0. The zero-order valence-corrected chi connectivity index (χ0v) is 25.8. The molecule has 0 radical (unpaired) electrons. The normalized spacial score (nSPS) is 11.8. The summed E-state index contributed by atoms with van der Waals surface area (Å²) in [6.07, 6.45) is 15.0. The van der Waals surface area contributed by atoms with Gasteiger partial charge in [0.15, 0.2) is 5.16 Å². The van der Waals surface area contributed by atoms with Crippen molar-refractivity contribution < 1.29 is 19.6 Å². The Morgan fingerprint density at radius 1 is 0.872 bits per heavy atom. The highest BCUT2D eigenvalue weighted by Gasteiger charge is 2.18. The number of rotatable bonds is 21. The lowest BCUT2D eigenvalue weighted by atomic mass is 10.1. The Labute approximate surface area is 241 Å². The topological polar surface area (TPSA) is 102 Å². The van der Waals surface area contributed by atoms with E-state index in [1.165, 1.54) is 83.8 Å². The molecule has 1 amide bonds. The number of hydrogen-bond donors (Lipinski definition) is 3. The smallest absolute Gasteiger partial charge is 0.221 e. The Morgan fingerprint density at radius 3 is 2.00 bits per heavy atom. The molecule has 3 N–H and O–H groups in total. The van der Waals surface area contributed by atoms with Crippen LogP contribution in [0.15, 0.2) is 29.4 Å². The van der Waals surface area contributed by atoms with E-state index in [4.69, 9.17) is 0 Å². The van der Waals surface area contributed by atoms with E-state index in [0.717, 1.165) is 35.6 Å². The molecule has 1 unspecified atom stereocenters. The molecule has 1 aromatic carbocycles. The maximum atomic E-state index is 12.0. The third kappa shape index (κ3) is 16.6. The second kappa shape index (κ2) is 22.7. The molecule has 0 fully saturated rings. The minimum absolute atomic E-state index is 0.125. The summed E-state index contributed by atoms with van der Waals surface area (Å²) in [5.41, 5.74) is 1.60. The quantitative estimate of drug-likeness (QED) is 0.148. The van der Waals surface area contributed by atoms with E-state index in [2.05, 4.69) is 43.0 Å². The van der Waals surface area contributed by atoms with Crippen LogP contribution in [0.2, 0.25) is 0 Å². The lowest BCUT2D eigenvalue weighted by molar-refractivity contribution is -0.900. The first kappa shape index (κ1) is 35.0. The number of para-hydroxylation sites is 2. The predicted molar refractivity (Wildman–Crippen MR) is 162 cm³/mol. The van der Waals surface area contributed by atoms with Crippen molar-refractivity contribution >= 4 is 34.7 Å². The monoisotopic (exact) mass is 562 g/mol. The fourth-order valence-corrected chi connectivity index (χ4v) is 5.24. The van der Waals surface area contributed by atoms with E-state index in [0.29, 0.717) is 11.7 Å². The van der Waals surface area contributed by atoms with E-state index in [1.807, 2.05) is 29.2 Å². The number of carbonyl (C=O) groups excluding carboxylic acids is 2. The summed E-state index contributed by atoms with van der Waals surface area (Å²) >= 11 is 1.01. The Morgan fingerprint density at radius 2 is 1.44 bits per heavy atom. The van der Waals surface area contributed by atoms with Gasteiger partial charge in [-0.15, -0.1) is 0 Å². The molecule has 7 nitrogen and oxygen atoms in total. The summed E-state index contributed by atoms with van der Waals surface area (Å²) in [6.45, 7) is 13.8. The van der Waals surface area contributed by atoms with Crippen molar-refractivity contribution in [1.29, 1.82) is 0 Å². The van der Waals surface area contributed by atoms with Crippen molar-refractivity contribution in [2.45, 2.75) is 122 Å². The summed E-state index contributed by atoms with van der Waals surface area (Å²) in [6, 6.07) is 7.45. The summed E-state index contributed by atoms with van der Waals surface area (Å²) < 4.78 is 0. The predicted octanol–water partition coefficient (Wildman–Crippen LogP) is 4.91. The molecule has 2 aromatic rings. The molecule has 39 heavy (non-hydrogen) atoms. The highest BCUT2D eigenvalue weighted by Crippen LogP contribution is 2.25. The van der Waals surface area contributed by atoms with Gasteiger partial charge in [0.05, 0.1) is 41.9 Å². The van der Waals surface area contributed by atoms with E-state index < -0.39 is 11.2 Å². The van der Waals surface area contributed by atoms with Gasteiger partial charge in [0.1, 0.15) is 0 Å². The average Bonchev–Trinajstić information content (AvgIpc) is 3.34. The van der Waals surface area contributed by atoms with Crippen molar-refractivity contribution in [2.24, 2.45) is 0 Å². The van der Waals surface area contributed by atoms with Gasteiger partial charge >= 0.3 is 0 Å². The van der Waals surface area contributed by atoms with Crippen molar-refractivity contribution in [3.8, 4) is 0 Å². The number of carbonyl (C=O) groups is 2. The van der Waals surface area contributed by atoms with Crippen LogP contribution in [-0.2, 0) is 9.59 Å². The minimum Gasteiger partial charge on any atom is -0.549 e. The first-order valence-electron chi connectivity index (χ1n) is 15.4. The molecular formula is C31H54N4O3S. The molecule has 1 aromatic heterocycles. The Kier molecular flexibility index (Phi) is 20.4. The summed E-state index contributed by atoms with van der Waals surface area (Å²) in [5.74, 6) is -1.53. The number of hydrogen-bond acceptors (Lipinski definition) is 5. The number of aliphatic carboxylic acids is 1. The average molecular weight is 563 g/mol. The van der Waals surface area contributed by atoms with E-state index in [1.54, 1.807) is 0 Å². The number of aromatic nitrogens is 2. The van der Waals surface area contributed by atoms with E-state index in [-0.39, 0.29) is 12.3 Å². The number of benzene rings is 1. The Hall–Kier alpha value is -2.06. The van der Waals surface area contributed by atoms with Crippen molar-refractivity contribution in [2.75, 3.05) is 26.2 Å². The number of quaternary nitrogens is 1. The maximum absolute atomic E-state index is 12.0. The van der Waals surface area contributed by atoms with Gasteiger partial charge in [-0.2, -0.15) is 0 Å². The third-order valence-corrected chi connectivity index (χ3v) is 7.82. The van der Waals surface area contributed by atoms with Gasteiger partial charge in [-0.1, -0.05) is 103 Å². The molecule has 0 saturated heterocycles. The number of nitrogens with zero attached hydrogens (tertiary/aromatic N) is 1. The van der Waals surface area contributed by atoms with Gasteiger partial charge in [0, 0.05) is 13.0 Å². The van der Waals surface area contributed by atoms with Crippen LogP contribution < -0.4 is 15.3 Å². The number of aromatic amines is 1. The first-order valence-corrected chi connectivity index (χ1v) is 16.2. The zero-order chi connectivity index (χ0) is 28.7. The van der Waals surface area contributed by atoms with Gasteiger partial charge in [-0.3, -0.25) is 4.79 Å². The van der Waals surface area contributed by atoms with E-state index >= 15 is 0 Å². The van der Waals surface area contributed by atoms with Crippen LogP contribution in [0.1, 0.15) is 111 Å². The molecule has 0 aliphatic heterocycles. The molecule has 0 spiro atoms. The number of amides is 1. The van der Waals surface area contributed by atoms with Gasteiger partial charge in [-0.25, -0.2) is 4.98 Å². The van der Waals surface area contributed by atoms with Gasteiger partial charge in [-0.05, 0) is 37.8 Å². The standard InChI is InChI=1S/C19H27N3O3S.C12H27N/c1-2-3-4-5-6-9-12-20-17(23)13-16(18(24)25)26-19-21-14-10-7-8-11-15(14)22-19;1-4-7-10-13(11-8-5-2)12-9-6-3/h7-8,10-11,16H,2-6,9,12-13H2,1H3,(H,20,23)(H,21,22)(H,24,25);4-12H2,1-3H3. The second-order valence-corrected chi connectivity index (χ2v) is 11.6. The molecule has 0 bridgehead atoms. The summed E-state index contributed by atoms with van der Waals surface area (Å²) in [5, 5.41) is 13.7. The fourth-order valence-electron chi connectivity index (χ4n) is 4.32. The molecule has 1 atom stereocenters. The molecule has 0 aliphatic rings. The van der Waals surface area contributed by atoms with Crippen LogP contribution in [0.25, 0.3) is 11.0 Å². The van der Waals surface area contributed by atoms with Crippen molar-refractivity contribution in [3.63, 3.8) is 0 Å². The minimum atomic E-state index is -1.26. The molecular weight excluding hydrogens is 508 g/mol. The van der Waals surface area contributed by atoms with Gasteiger partial charge < -0.3 is 25.1 Å². The van der Waals surface area contributed by atoms with Crippen LogP contribution in [0.3, 0.4) is 0 Å². The SMILES string of the molecule is CCCCCCCCNC(=O)CC(Sc1nc2ccccc2[nH]1)C(=O)[O-].CCCC[NH+](CCCC)CCCC. The van der Waals surface area contributed by atoms with Crippen LogP contribution >= 0.6 is 11.8 Å². The number of nitrogens with one attached hydrogen (secondary N) is 3. The molecule has 8 heteroatoms. The lowest BCUT2D eigenvalue weighted by Gasteiger charge is -2.18. The number of H-pyrrole nitrogens is 1. The lowest BCUT2D eigenvalue weighted by Crippen LogP contribution is -3.12. The van der Waals surface area contributed by atoms with Crippen molar-refractivity contribution in [1.82, 2.24) is 15.3 Å². The largest absolute Gasteiger partial charge is 0.549 e.